The van der Waals surface area contributed by atoms with E-state index in [2.05, 4.69) is 21.7 Å². The van der Waals surface area contributed by atoms with Gasteiger partial charge < -0.3 is 11.1 Å². The van der Waals surface area contributed by atoms with Crippen LogP contribution in [0.25, 0.3) is 0 Å². The largest absolute Gasteiger partial charge is 0.352 e. The molecular weight excluding hydrogens is 262 g/mol. The Labute approximate surface area is 115 Å². The molecule has 0 spiro atoms. The first kappa shape index (κ1) is 13.7. The van der Waals surface area contributed by atoms with Gasteiger partial charge in [-0.05, 0) is 18.4 Å². The lowest BCUT2D eigenvalue weighted by Gasteiger charge is -2.12. The average molecular weight is 279 g/mol. The van der Waals surface area contributed by atoms with Gasteiger partial charge in [-0.15, -0.1) is 16.4 Å². The summed E-state index contributed by atoms with van der Waals surface area (Å²) in [6, 6.07) is 4.18. The lowest BCUT2D eigenvalue weighted by Crippen LogP contribution is -2.36. The fourth-order valence-electron chi connectivity index (χ4n) is 1.76. The van der Waals surface area contributed by atoms with Gasteiger partial charge in [0, 0.05) is 23.9 Å². The molecular formula is C12H17N5OS. The Kier molecular flexibility index (Phi) is 4.64. The van der Waals surface area contributed by atoms with E-state index in [9.17, 15) is 4.79 Å². The third kappa shape index (κ3) is 4.15. The molecule has 2 heterocycles. The number of nitrogens with two attached hydrogens (primary N) is 1. The molecule has 2 aromatic rings. The van der Waals surface area contributed by atoms with Crippen molar-refractivity contribution in [1.82, 2.24) is 20.3 Å². The SMILES string of the molecule is CC(Cc1cccs1)NC(=O)Cn1cc(CN)nn1. The van der Waals surface area contributed by atoms with Gasteiger partial charge in [-0.3, -0.25) is 4.79 Å². The van der Waals surface area contributed by atoms with Crippen LogP contribution in [0.1, 0.15) is 17.5 Å². The molecule has 0 fully saturated rings. The van der Waals surface area contributed by atoms with Crippen molar-refractivity contribution in [3.63, 3.8) is 0 Å². The minimum absolute atomic E-state index is 0.0717. The van der Waals surface area contributed by atoms with E-state index in [-0.39, 0.29) is 18.5 Å². The van der Waals surface area contributed by atoms with Crippen LogP contribution in [0.2, 0.25) is 0 Å². The molecule has 0 aromatic carbocycles. The van der Waals surface area contributed by atoms with Gasteiger partial charge in [-0.1, -0.05) is 11.3 Å². The van der Waals surface area contributed by atoms with E-state index in [1.165, 1.54) is 9.56 Å². The van der Waals surface area contributed by atoms with Crippen LogP contribution in [0.3, 0.4) is 0 Å². The number of hydrogen-bond acceptors (Lipinski definition) is 5. The number of carbonyl (C=O) groups is 1. The monoisotopic (exact) mass is 279 g/mol. The second-order valence-electron chi connectivity index (χ2n) is 4.36. The molecule has 1 atom stereocenters. The zero-order valence-electron chi connectivity index (χ0n) is 10.7. The molecule has 0 bridgehead atoms. The Morgan fingerprint density at radius 3 is 3.11 bits per heavy atom. The minimum Gasteiger partial charge on any atom is -0.352 e. The van der Waals surface area contributed by atoms with Crippen LogP contribution < -0.4 is 11.1 Å². The highest BCUT2D eigenvalue weighted by atomic mass is 32.1. The Morgan fingerprint density at radius 1 is 1.63 bits per heavy atom. The number of amides is 1. The zero-order chi connectivity index (χ0) is 13.7. The lowest BCUT2D eigenvalue weighted by molar-refractivity contribution is -0.122. The molecule has 7 heteroatoms. The van der Waals surface area contributed by atoms with Crippen LogP contribution in [0, 0.1) is 0 Å². The maximum atomic E-state index is 11.8. The van der Waals surface area contributed by atoms with Gasteiger partial charge in [0.05, 0.1) is 11.9 Å². The number of hydrogen-bond donors (Lipinski definition) is 2. The van der Waals surface area contributed by atoms with Gasteiger partial charge in [-0.2, -0.15) is 0 Å². The smallest absolute Gasteiger partial charge is 0.242 e. The summed E-state index contributed by atoms with van der Waals surface area (Å²) in [6.07, 6.45) is 2.53. The molecule has 0 aliphatic carbocycles. The normalized spacial score (nSPS) is 12.3. The molecule has 6 nitrogen and oxygen atoms in total. The quantitative estimate of drug-likeness (QED) is 0.808. The van der Waals surface area contributed by atoms with Gasteiger partial charge in [-0.25, -0.2) is 4.68 Å². The highest BCUT2D eigenvalue weighted by Gasteiger charge is 2.10. The van der Waals surface area contributed by atoms with Crippen molar-refractivity contribution in [2.24, 2.45) is 5.73 Å². The van der Waals surface area contributed by atoms with Crippen LogP contribution in [-0.2, 0) is 24.3 Å². The van der Waals surface area contributed by atoms with Crippen molar-refractivity contribution in [1.29, 1.82) is 0 Å². The van der Waals surface area contributed by atoms with E-state index in [0.29, 0.717) is 12.2 Å². The van der Waals surface area contributed by atoms with E-state index >= 15 is 0 Å². The van der Waals surface area contributed by atoms with Crippen LogP contribution in [-0.4, -0.2) is 26.9 Å². The summed E-state index contributed by atoms with van der Waals surface area (Å²) in [6.45, 7) is 2.49. The first-order chi connectivity index (χ1) is 9.17. The summed E-state index contributed by atoms with van der Waals surface area (Å²) in [5.41, 5.74) is 6.12. The number of nitrogens with zero attached hydrogens (tertiary/aromatic N) is 3. The maximum Gasteiger partial charge on any atom is 0.242 e. The summed E-state index contributed by atoms with van der Waals surface area (Å²) in [5, 5.41) is 12.7. The van der Waals surface area contributed by atoms with E-state index < -0.39 is 0 Å². The maximum absolute atomic E-state index is 11.8. The number of carbonyl (C=O) groups excluding carboxylic acids is 1. The Balaban J connectivity index is 1.80. The summed E-state index contributed by atoms with van der Waals surface area (Å²) >= 11 is 1.70. The minimum atomic E-state index is -0.0717. The Morgan fingerprint density at radius 2 is 2.47 bits per heavy atom. The predicted octanol–water partition coefficient (Wildman–Crippen LogP) is 0.546. The Hall–Kier alpha value is -1.73. The van der Waals surface area contributed by atoms with Crippen molar-refractivity contribution in [2.75, 3.05) is 0 Å². The van der Waals surface area contributed by atoms with Crippen LogP contribution in [0.5, 0.6) is 0 Å². The zero-order valence-corrected chi connectivity index (χ0v) is 11.6. The van der Waals surface area contributed by atoms with E-state index in [1.807, 2.05) is 18.4 Å². The van der Waals surface area contributed by atoms with Gasteiger partial charge in [0.25, 0.3) is 0 Å². The van der Waals surface area contributed by atoms with E-state index in [1.54, 1.807) is 17.5 Å². The summed E-state index contributed by atoms with van der Waals surface area (Å²) in [4.78, 5) is 13.1. The molecule has 102 valence electrons. The fourth-order valence-corrected chi connectivity index (χ4v) is 2.59. The lowest BCUT2D eigenvalue weighted by atomic mass is 10.2. The molecule has 2 aromatic heterocycles. The van der Waals surface area contributed by atoms with Gasteiger partial charge in [0.1, 0.15) is 6.54 Å². The number of nitrogens with one attached hydrogen (secondary N) is 1. The highest BCUT2D eigenvalue weighted by molar-refractivity contribution is 7.09. The molecule has 1 amide bonds. The van der Waals surface area contributed by atoms with Crippen molar-refractivity contribution < 1.29 is 4.79 Å². The third-order valence-corrected chi connectivity index (χ3v) is 3.49. The summed E-state index contributed by atoms with van der Waals surface area (Å²) < 4.78 is 1.50. The molecule has 19 heavy (non-hydrogen) atoms. The van der Waals surface area contributed by atoms with Crippen molar-refractivity contribution >= 4 is 17.2 Å². The average Bonchev–Trinajstić information content (AvgIpc) is 3.00. The first-order valence-electron chi connectivity index (χ1n) is 6.08. The van der Waals surface area contributed by atoms with Crippen LogP contribution in [0.15, 0.2) is 23.7 Å². The Bertz CT molecular complexity index is 522. The van der Waals surface area contributed by atoms with E-state index in [0.717, 1.165) is 6.42 Å². The van der Waals surface area contributed by atoms with E-state index in [4.69, 9.17) is 5.73 Å². The second kappa shape index (κ2) is 6.44. The number of thiophene rings is 1. The van der Waals surface area contributed by atoms with Crippen molar-refractivity contribution in [2.45, 2.75) is 32.5 Å². The van der Waals surface area contributed by atoms with Gasteiger partial charge in [0.15, 0.2) is 0 Å². The molecule has 0 radical (unpaired) electrons. The molecule has 0 saturated carbocycles. The standard InChI is InChI=1S/C12H17N5OS/c1-9(5-11-3-2-4-19-11)14-12(18)8-17-7-10(6-13)15-16-17/h2-4,7,9H,5-6,8,13H2,1H3,(H,14,18). The fraction of sp³-hybridized carbons (Fsp3) is 0.417. The molecule has 0 aliphatic heterocycles. The van der Waals surface area contributed by atoms with Gasteiger partial charge >= 0.3 is 0 Å². The molecule has 0 aliphatic rings. The number of aromatic nitrogens is 3. The van der Waals surface area contributed by atoms with Crippen LogP contribution >= 0.6 is 11.3 Å². The predicted molar refractivity (Wildman–Crippen MR) is 73.5 cm³/mol. The third-order valence-electron chi connectivity index (χ3n) is 2.60. The molecule has 3 N–H and O–H groups in total. The molecule has 2 rings (SSSR count). The summed E-state index contributed by atoms with van der Waals surface area (Å²) in [7, 11) is 0. The first-order valence-corrected chi connectivity index (χ1v) is 6.96. The van der Waals surface area contributed by atoms with Crippen molar-refractivity contribution in [3.05, 3.63) is 34.3 Å². The summed E-state index contributed by atoms with van der Waals surface area (Å²) in [5.74, 6) is -0.0717. The van der Waals surface area contributed by atoms with Crippen LogP contribution in [0.4, 0.5) is 0 Å². The number of rotatable bonds is 6. The highest BCUT2D eigenvalue weighted by Crippen LogP contribution is 2.10. The molecule has 0 saturated heterocycles. The second-order valence-corrected chi connectivity index (χ2v) is 5.40. The van der Waals surface area contributed by atoms with Gasteiger partial charge in [0.2, 0.25) is 5.91 Å². The topological polar surface area (TPSA) is 85.8 Å². The van der Waals surface area contributed by atoms with Crippen molar-refractivity contribution in [3.8, 4) is 0 Å². The molecule has 1 unspecified atom stereocenters.